The fourth-order valence-corrected chi connectivity index (χ4v) is 3.70. The summed E-state index contributed by atoms with van der Waals surface area (Å²) in [5.41, 5.74) is 0.770. The van der Waals surface area contributed by atoms with E-state index in [0.29, 0.717) is 12.8 Å². The number of nitro groups is 1. The number of ether oxygens (including phenoxy) is 1. The summed E-state index contributed by atoms with van der Waals surface area (Å²) in [6, 6.07) is 13.6. The average molecular weight is 413 g/mol. The fraction of sp³-hybridized carbons (Fsp3) is 0.250. The number of rotatable bonds is 8. The van der Waals surface area contributed by atoms with Crippen molar-refractivity contribution < 1.29 is 19.2 Å². The molecule has 8 nitrogen and oxygen atoms in total. The Kier molecular flexibility index (Phi) is 6.50. The first-order valence-corrected chi connectivity index (χ1v) is 9.84. The predicted octanol–water partition coefficient (Wildman–Crippen LogP) is 4.10. The van der Waals surface area contributed by atoms with Gasteiger partial charge in [-0.15, -0.1) is 11.3 Å². The molecule has 3 aromatic rings. The number of aryl methyl sites for hydroxylation is 1. The molecule has 1 heterocycles. The van der Waals surface area contributed by atoms with Crippen LogP contribution in [0.25, 0.3) is 10.2 Å². The Morgan fingerprint density at radius 2 is 1.93 bits per heavy atom. The highest BCUT2D eigenvalue weighted by Crippen LogP contribution is 2.24. The number of fused-ring (bicyclic) bond motifs is 1. The molecular formula is C20H19N3O5S. The van der Waals surface area contributed by atoms with Gasteiger partial charge in [-0.25, -0.2) is 4.98 Å². The third kappa shape index (κ3) is 5.35. The molecule has 0 spiro atoms. The van der Waals surface area contributed by atoms with Gasteiger partial charge in [-0.05, 0) is 38.0 Å². The van der Waals surface area contributed by atoms with Gasteiger partial charge in [0.15, 0.2) is 6.10 Å². The quantitative estimate of drug-likeness (QED) is 0.338. The maximum Gasteiger partial charge on any atom is 0.306 e. The molecular weight excluding hydrogens is 394 g/mol. The smallest absolute Gasteiger partial charge is 0.306 e. The number of amides is 1. The van der Waals surface area contributed by atoms with Crippen LogP contribution in [0.15, 0.2) is 48.5 Å². The second kappa shape index (κ2) is 9.24. The molecule has 1 amide bonds. The van der Waals surface area contributed by atoms with Crippen LogP contribution >= 0.6 is 11.3 Å². The molecule has 0 aliphatic heterocycles. The molecule has 0 aliphatic carbocycles. The maximum atomic E-state index is 12.2. The number of thiazole rings is 1. The molecule has 9 heteroatoms. The number of nitrogens with zero attached hydrogens (tertiary/aromatic N) is 2. The van der Waals surface area contributed by atoms with E-state index in [4.69, 9.17) is 4.74 Å². The van der Waals surface area contributed by atoms with E-state index < -0.39 is 22.9 Å². The Morgan fingerprint density at radius 1 is 1.21 bits per heavy atom. The highest BCUT2D eigenvalue weighted by atomic mass is 32.1. The number of para-hydroxylation sites is 3. The molecule has 150 valence electrons. The van der Waals surface area contributed by atoms with Gasteiger partial charge in [0.05, 0.1) is 20.1 Å². The molecule has 1 unspecified atom stereocenters. The predicted molar refractivity (Wildman–Crippen MR) is 110 cm³/mol. The van der Waals surface area contributed by atoms with Gasteiger partial charge in [0, 0.05) is 12.5 Å². The Bertz CT molecular complexity index is 1020. The van der Waals surface area contributed by atoms with Crippen LogP contribution in [0.5, 0.6) is 0 Å². The van der Waals surface area contributed by atoms with Crippen LogP contribution in [0.4, 0.5) is 11.4 Å². The van der Waals surface area contributed by atoms with Crippen molar-refractivity contribution in [3.8, 4) is 0 Å². The van der Waals surface area contributed by atoms with Gasteiger partial charge >= 0.3 is 5.97 Å². The molecule has 1 N–H and O–H groups in total. The standard InChI is InChI=1S/C20H19N3O5S/c1-13(20(25)22-14-7-2-4-9-16(14)23(26)27)28-19(24)12-6-11-18-21-15-8-3-5-10-17(15)29-18/h2-5,7-10,13H,6,11-12H2,1H3,(H,22,25). The number of carbonyl (C=O) groups excluding carboxylic acids is 2. The number of hydrogen-bond donors (Lipinski definition) is 1. The van der Waals surface area contributed by atoms with Crippen LogP contribution in [0.1, 0.15) is 24.8 Å². The van der Waals surface area contributed by atoms with Crippen molar-refractivity contribution in [3.05, 3.63) is 63.7 Å². The van der Waals surface area contributed by atoms with Crippen LogP contribution in [0.3, 0.4) is 0 Å². The lowest BCUT2D eigenvalue weighted by atomic mass is 10.2. The van der Waals surface area contributed by atoms with Gasteiger partial charge in [-0.3, -0.25) is 19.7 Å². The normalized spacial score (nSPS) is 11.8. The van der Waals surface area contributed by atoms with E-state index in [0.717, 1.165) is 15.2 Å². The number of aromatic nitrogens is 1. The molecule has 0 bridgehead atoms. The first-order valence-electron chi connectivity index (χ1n) is 9.02. The number of hydrogen-bond acceptors (Lipinski definition) is 7. The molecule has 0 aliphatic rings. The molecule has 0 fully saturated rings. The second-order valence-electron chi connectivity index (χ2n) is 6.32. The highest BCUT2D eigenvalue weighted by molar-refractivity contribution is 7.18. The van der Waals surface area contributed by atoms with Crippen LogP contribution in [0.2, 0.25) is 0 Å². The molecule has 1 aromatic heterocycles. The molecule has 29 heavy (non-hydrogen) atoms. The minimum atomic E-state index is -1.07. The zero-order valence-corrected chi connectivity index (χ0v) is 16.5. The van der Waals surface area contributed by atoms with Gasteiger partial charge in [0.1, 0.15) is 5.69 Å². The summed E-state index contributed by atoms with van der Waals surface area (Å²) in [5, 5.41) is 14.4. The van der Waals surface area contributed by atoms with Crippen molar-refractivity contribution in [1.29, 1.82) is 0 Å². The van der Waals surface area contributed by atoms with Crippen molar-refractivity contribution >= 4 is 44.8 Å². The largest absolute Gasteiger partial charge is 0.453 e. The van der Waals surface area contributed by atoms with E-state index in [-0.39, 0.29) is 17.8 Å². The minimum Gasteiger partial charge on any atom is -0.453 e. The summed E-state index contributed by atoms with van der Waals surface area (Å²) in [7, 11) is 0. The van der Waals surface area contributed by atoms with Gasteiger partial charge in [0.2, 0.25) is 0 Å². The summed E-state index contributed by atoms with van der Waals surface area (Å²) < 4.78 is 6.25. The Balaban J connectivity index is 1.47. The van der Waals surface area contributed by atoms with Crippen LogP contribution in [0, 0.1) is 10.1 Å². The van der Waals surface area contributed by atoms with E-state index in [1.54, 1.807) is 17.4 Å². The average Bonchev–Trinajstić information content (AvgIpc) is 3.10. The summed E-state index contributed by atoms with van der Waals surface area (Å²) >= 11 is 1.59. The van der Waals surface area contributed by atoms with Crippen LogP contribution in [-0.2, 0) is 20.7 Å². The lowest BCUT2D eigenvalue weighted by Gasteiger charge is -2.13. The fourth-order valence-electron chi connectivity index (χ4n) is 2.69. The van der Waals surface area contributed by atoms with Crippen molar-refractivity contribution in [1.82, 2.24) is 4.98 Å². The number of nitro benzene ring substituents is 1. The van der Waals surface area contributed by atoms with E-state index in [1.165, 1.54) is 25.1 Å². The minimum absolute atomic E-state index is 0.0567. The topological polar surface area (TPSA) is 111 Å². The first kappa shape index (κ1) is 20.4. The third-order valence-corrected chi connectivity index (χ3v) is 5.24. The summed E-state index contributed by atoms with van der Waals surface area (Å²) in [5.74, 6) is -1.13. The molecule has 1 atom stereocenters. The lowest BCUT2D eigenvalue weighted by Crippen LogP contribution is -2.30. The number of nitrogens with one attached hydrogen (secondary N) is 1. The van der Waals surface area contributed by atoms with E-state index >= 15 is 0 Å². The number of carbonyl (C=O) groups is 2. The monoisotopic (exact) mass is 413 g/mol. The third-order valence-electron chi connectivity index (χ3n) is 4.15. The van der Waals surface area contributed by atoms with E-state index in [1.807, 2.05) is 24.3 Å². The molecule has 0 saturated heterocycles. The van der Waals surface area contributed by atoms with E-state index in [9.17, 15) is 19.7 Å². The van der Waals surface area contributed by atoms with Gasteiger partial charge < -0.3 is 10.1 Å². The Hall–Kier alpha value is -3.33. The number of esters is 1. The lowest BCUT2D eigenvalue weighted by molar-refractivity contribution is -0.383. The van der Waals surface area contributed by atoms with Gasteiger partial charge in [-0.2, -0.15) is 0 Å². The maximum absolute atomic E-state index is 12.2. The van der Waals surface area contributed by atoms with E-state index in [2.05, 4.69) is 10.3 Å². The Labute approximate surface area is 170 Å². The zero-order valence-electron chi connectivity index (χ0n) is 15.7. The molecule has 0 radical (unpaired) electrons. The molecule has 2 aromatic carbocycles. The van der Waals surface area contributed by atoms with Gasteiger partial charge in [0.25, 0.3) is 11.6 Å². The van der Waals surface area contributed by atoms with Gasteiger partial charge in [-0.1, -0.05) is 24.3 Å². The number of benzene rings is 2. The summed E-state index contributed by atoms with van der Waals surface area (Å²) in [6.07, 6.45) is 0.284. The SMILES string of the molecule is CC(OC(=O)CCCc1nc2ccccc2s1)C(=O)Nc1ccccc1[N+](=O)[O-]. The first-order chi connectivity index (χ1) is 13.9. The van der Waals surface area contributed by atoms with Crippen LogP contribution in [-0.4, -0.2) is 27.9 Å². The van der Waals surface area contributed by atoms with Crippen molar-refractivity contribution in [2.45, 2.75) is 32.3 Å². The van der Waals surface area contributed by atoms with Crippen molar-refractivity contribution in [2.24, 2.45) is 0 Å². The second-order valence-corrected chi connectivity index (χ2v) is 7.44. The number of anilines is 1. The zero-order chi connectivity index (χ0) is 20.8. The summed E-state index contributed by atoms with van der Waals surface area (Å²) in [4.78, 5) is 39.2. The highest BCUT2D eigenvalue weighted by Gasteiger charge is 2.21. The Morgan fingerprint density at radius 3 is 2.69 bits per heavy atom. The van der Waals surface area contributed by atoms with Crippen LogP contribution < -0.4 is 5.32 Å². The van der Waals surface area contributed by atoms with Crippen molar-refractivity contribution in [3.63, 3.8) is 0 Å². The van der Waals surface area contributed by atoms with Crippen molar-refractivity contribution in [2.75, 3.05) is 5.32 Å². The molecule has 3 rings (SSSR count). The molecule has 0 saturated carbocycles. The summed E-state index contributed by atoms with van der Waals surface area (Å²) in [6.45, 7) is 1.43.